The molecule has 0 aromatic heterocycles. The minimum absolute atomic E-state index is 0.00757. The van der Waals surface area contributed by atoms with Crippen molar-refractivity contribution in [3.05, 3.63) is 57.0 Å². The highest BCUT2D eigenvalue weighted by Crippen LogP contribution is 2.32. The highest BCUT2D eigenvalue weighted by atomic mass is 79.9. The van der Waals surface area contributed by atoms with Crippen LogP contribution >= 0.6 is 27.5 Å². The number of carbonyl (C=O) groups excluding carboxylic acids is 1. The van der Waals surface area contributed by atoms with Gasteiger partial charge in [-0.25, -0.2) is 8.78 Å². The van der Waals surface area contributed by atoms with E-state index in [0.29, 0.717) is 0 Å². The van der Waals surface area contributed by atoms with Crippen LogP contribution in [0.3, 0.4) is 0 Å². The fourth-order valence-electron chi connectivity index (χ4n) is 1.54. The first kappa shape index (κ1) is 14.7. The van der Waals surface area contributed by atoms with E-state index in [9.17, 15) is 18.7 Å². The van der Waals surface area contributed by atoms with E-state index in [4.69, 9.17) is 11.6 Å². The van der Waals surface area contributed by atoms with Gasteiger partial charge in [0.05, 0.1) is 16.3 Å². The predicted molar refractivity (Wildman–Crippen MR) is 75.1 cm³/mol. The Morgan fingerprint density at radius 2 is 1.90 bits per heavy atom. The average molecular weight is 363 g/mol. The van der Waals surface area contributed by atoms with Crippen molar-refractivity contribution in [2.75, 3.05) is 5.32 Å². The summed E-state index contributed by atoms with van der Waals surface area (Å²) in [5.74, 6) is -2.43. The van der Waals surface area contributed by atoms with Crippen LogP contribution in [0.15, 0.2) is 34.8 Å². The smallest absolute Gasteiger partial charge is 0.259 e. The van der Waals surface area contributed by atoms with Crippen molar-refractivity contribution in [2.24, 2.45) is 0 Å². The second-order valence-corrected chi connectivity index (χ2v) is 5.12. The number of rotatable bonds is 2. The molecule has 1 amide bonds. The third kappa shape index (κ3) is 3.08. The lowest BCUT2D eigenvalue weighted by Gasteiger charge is -2.10. The minimum Gasteiger partial charge on any atom is -0.507 e. The topological polar surface area (TPSA) is 49.3 Å². The molecular formula is C13H7BrClF2NO2. The molecule has 0 aliphatic heterocycles. The van der Waals surface area contributed by atoms with E-state index in [0.717, 1.165) is 30.3 Å². The van der Waals surface area contributed by atoms with Crippen molar-refractivity contribution < 1.29 is 18.7 Å². The number of amides is 1. The molecular weight excluding hydrogens is 356 g/mol. The molecule has 2 aromatic carbocycles. The molecule has 0 unspecified atom stereocenters. The summed E-state index contributed by atoms with van der Waals surface area (Å²) >= 11 is 8.89. The Balaban J connectivity index is 2.33. The van der Waals surface area contributed by atoms with Crippen molar-refractivity contribution >= 4 is 39.1 Å². The Morgan fingerprint density at radius 3 is 2.50 bits per heavy atom. The van der Waals surface area contributed by atoms with Gasteiger partial charge in [-0.05, 0) is 40.2 Å². The van der Waals surface area contributed by atoms with E-state index >= 15 is 0 Å². The number of hydrogen-bond donors (Lipinski definition) is 2. The van der Waals surface area contributed by atoms with Gasteiger partial charge in [-0.3, -0.25) is 4.79 Å². The summed E-state index contributed by atoms with van der Waals surface area (Å²) in [4.78, 5) is 12.0. The average Bonchev–Trinajstić information content (AvgIpc) is 2.33. The van der Waals surface area contributed by atoms with Crippen LogP contribution < -0.4 is 5.32 Å². The zero-order valence-corrected chi connectivity index (χ0v) is 12.1. The molecule has 0 fully saturated rings. The molecule has 104 valence electrons. The molecule has 7 heteroatoms. The standard InChI is InChI=1S/C13H7BrClF2NO2/c14-9-3-7(17)4-10(15)12(9)18-13(20)8-2-1-6(16)5-11(8)19/h1-5,19H,(H,18,20). The van der Waals surface area contributed by atoms with Crippen LogP contribution in [0.2, 0.25) is 5.02 Å². The van der Waals surface area contributed by atoms with Gasteiger partial charge in [-0.2, -0.15) is 0 Å². The summed E-state index contributed by atoms with van der Waals surface area (Å²) in [6, 6.07) is 5.15. The molecule has 2 N–H and O–H groups in total. The highest BCUT2D eigenvalue weighted by molar-refractivity contribution is 9.10. The number of aromatic hydroxyl groups is 1. The lowest BCUT2D eigenvalue weighted by Crippen LogP contribution is -2.13. The number of nitrogens with one attached hydrogen (secondary N) is 1. The summed E-state index contributed by atoms with van der Waals surface area (Å²) in [6.07, 6.45) is 0. The maximum absolute atomic E-state index is 13.1. The Morgan fingerprint density at radius 1 is 1.20 bits per heavy atom. The molecule has 0 saturated carbocycles. The monoisotopic (exact) mass is 361 g/mol. The number of hydrogen-bond acceptors (Lipinski definition) is 2. The van der Waals surface area contributed by atoms with Gasteiger partial charge >= 0.3 is 0 Å². The number of phenols is 1. The maximum Gasteiger partial charge on any atom is 0.259 e. The lowest BCUT2D eigenvalue weighted by molar-refractivity contribution is 0.102. The van der Waals surface area contributed by atoms with Gasteiger partial charge in [0.25, 0.3) is 5.91 Å². The zero-order chi connectivity index (χ0) is 14.9. The van der Waals surface area contributed by atoms with Crippen molar-refractivity contribution in [3.8, 4) is 5.75 Å². The fraction of sp³-hybridized carbons (Fsp3) is 0. The van der Waals surface area contributed by atoms with Gasteiger partial charge < -0.3 is 10.4 Å². The van der Waals surface area contributed by atoms with Crippen LogP contribution in [-0.2, 0) is 0 Å². The van der Waals surface area contributed by atoms with Crippen LogP contribution in [0.5, 0.6) is 5.75 Å². The largest absolute Gasteiger partial charge is 0.507 e. The summed E-state index contributed by atoms with van der Waals surface area (Å²) in [5, 5.41) is 11.9. The molecule has 0 bridgehead atoms. The molecule has 0 saturated heterocycles. The third-order valence-corrected chi connectivity index (χ3v) is 3.37. The van der Waals surface area contributed by atoms with Gasteiger partial charge in [0.1, 0.15) is 17.4 Å². The fourth-order valence-corrected chi connectivity index (χ4v) is 2.44. The van der Waals surface area contributed by atoms with Gasteiger partial charge in [0, 0.05) is 10.5 Å². The maximum atomic E-state index is 13.1. The summed E-state index contributed by atoms with van der Waals surface area (Å²) in [5.41, 5.74) is 0.0282. The van der Waals surface area contributed by atoms with Crippen LogP contribution in [-0.4, -0.2) is 11.0 Å². The number of benzene rings is 2. The van der Waals surface area contributed by atoms with Gasteiger partial charge in [0.15, 0.2) is 0 Å². The molecule has 0 radical (unpaired) electrons. The molecule has 0 heterocycles. The summed E-state index contributed by atoms with van der Waals surface area (Å²) in [7, 11) is 0. The van der Waals surface area contributed by atoms with E-state index in [1.807, 2.05) is 0 Å². The second-order valence-electron chi connectivity index (χ2n) is 3.86. The first-order valence-corrected chi connectivity index (χ1v) is 6.50. The summed E-state index contributed by atoms with van der Waals surface area (Å²) in [6.45, 7) is 0. The Bertz CT molecular complexity index is 671. The Labute approximate surface area is 126 Å². The molecule has 2 aromatic rings. The number of carbonyl (C=O) groups is 1. The van der Waals surface area contributed by atoms with E-state index in [-0.39, 0.29) is 20.7 Å². The van der Waals surface area contributed by atoms with Gasteiger partial charge in [-0.1, -0.05) is 11.6 Å². The molecule has 2 rings (SSSR count). The predicted octanol–water partition coefficient (Wildman–Crippen LogP) is 4.34. The number of halogens is 4. The lowest BCUT2D eigenvalue weighted by atomic mass is 10.1. The SMILES string of the molecule is O=C(Nc1c(Cl)cc(F)cc1Br)c1ccc(F)cc1O. The quantitative estimate of drug-likeness (QED) is 0.835. The summed E-state index contributed by atoms with van der Waals surface area (Å²) < 4.78 is 26.2. The Hall–Kier alpha value is -1.66. The molecule has 0 aliphatic rings. The Kier molecular flexibility index (Phi) is 4.25. The molecule has 0 spiro atoms. The van der Waals surface area contributed by atoms with Crippen LogP contribution in [0.25, 0.3) is 0 Å². The zero-order valence-electron chi connectivity index (χ0n) is 9.75. The first-order chi connectivity index (χ1) is 9.38. The van der Waals surface area contributed by atoms with Crippen LogP contribution in [0, 0.1) is 11.6 Å². The van der Waals surface area contributed by atoms with Gasteiger partial charge in [-0.15, -0.1) is 0 Å². The van der Waals surface area contributed by atoms with E-state index in [1.165, 1.54) is 0 Å². The number of phenolic OH excluding ortho intramolecular Hbond substituents is 1. The van der Waals surface area contributed by atoms with Crippen molar-refractivity contribution in [3.63, 3.8) is 0 Å². The highest BCUT2D eigenvalue weighted by Gasteiger charge is 2.16. The molecule has 0 aliphatic carbocycles. The van der Waals surface area contributed by atoms with Crippen LogP contribution in [0.1, 0.15) is 10.4 Å². The normalized spacial score (nSPS) is 10.4. The van der Waals surface area contributed by atoms with Crippen molar-refractivity contribution in [1.82, 2.24) is 0 Å². The van der Waals surface area contributed by atoms with E-state index in [2.05, 4.69) is 21.2 Å². The van der Waals surface area contributed by atoms with E-state index in [1.54, 1.807) is 0 Å². The van der Waals surface area contributed by atoms with E-state index < -0.39 is 23.3 Å². The molecule has 0 atom stereocenters. The minimum atomic E-state index is -0.697. The molecule has 3 nitrogen and oxygen atoms in total. The van der Waals surface area contributed by atoms with Crippen molar-refractivity contribution in [1.29, 1.82) is 0 Å². The second kappa shape index (κ2) is 5.76. The van der Waals surface area contributed by atoms with Crippen LogP contribution in [0.4, 0.5) is 14.5 Å². The van der Waals surface area contributed by atoms with Gasteiger partial charge in [0.2, 0.25) is 0 Å². The number of anilines is 1. The molecule has 20 heavy (non-hydrogen) atoms. The third-order valence-electron chi connectivity index (χ3n) is 2.45. The van der Waals surface area contributed by atoms with Crippen molar-refractivity contribution in [2.45, 2.75) is 0 Å². The first-order valence-electron chi connectivity index (χ1n) is 5.33.